The average molecular weight is 207 g/mol. The Kier molecular flexibility index (Phi) is 3.12. The molecule has 0 spiro atoms. The highest BCUT2D eigenvalue weighted by Gasteiger charge is 2.19. The van der Waals surface area contributed by atoms with E-state index in [0.29, 0.717) is 6.04 Å². The third kappa shape index (κ3) is 2.08. The lowest BCUT2D eigenvalue weighted by molar-refractivity contribution is 0.364. The van der Waals surface area contributed by atoms with Crippen molar-refractivity contribution in [1.82, 2.24) is 14.8 Å². The Morgan fingerprint density at radius 1 is 1.47 bits per heavy atom. The summed E-state index contributed by atoms with van der Waals surface area (Å²) in [6.45, 7) is 5.49. The molecule has 84 valence electrons. The zero-order valence-electron chi connectivity index (χ0n) is 9.95. The van der Waals surface area contributed by atoms with Gasteiger partial charge < -0.3 is 14.8 Å². The van der Waals surface area contributed by atoms with E-state index in [-0.39, 0.29) is 0 Å². The quantitative estimate of drug-likeness (QED) is 0.812. The van der Waals surface area contributed by atoms with Gasteiger partial charge in [0.25, 0.3) is 0 Å². The van der Waals surface area contributed by atoms with Crippen LogP contribution in [0.1, 0.15) is 30.8 Å². The number of fused-ring (bicyclic) bond motifs is 1. The number of nitrogens with zero attached hydrogens (tertiary/aromatic N) is 2. The molecule has 0 aromatic carbocycles. The Hall–Kier alpha value is -0.800. The maximum absolute atomic E-state index is 3.56. The summed E-state index contributed by atoms with van der Waals surface area (Å²) in [5, 5.41) is 3.56. The van der Waals surface area contributed by atoms with Crippen molar-refractivity contribution in [3.63, 3.8) is 0 Å². The maximum Gasteiger partial charge on any atom is 0.0472 e. The molecule has 1 aromatic rings. The molecule has 1 N–H and O–H groups in total. The first-order chi connectivity index (χ1) is 7.22. The predicted molar refractivity (Wildman–Crippen MR) is 62.9 cm³/mol. The monoisotopic (exact) mass is 207 g/mol. The molecular weight excluding hydrogens is 186 g/mol. The lowest BCUT2D eigenvalue weighted by Crippen LogP contribution is -2.33. The lowest BCUT2D eigenvalue weighted by atomic mass is 10.1. The summed E-state index contributed by atoms with van der Waals surface area (Å²) in [6.07, 6.45) is 1.17. The van der Waals surface area contributed by atoms with Gasteiger partial charge in [0, 0.05) is 37.1 Å². The molecule has 0 saturated heterocycles. The molecule has 1 atom stereocenters. The standard InChI is InChI=1S/C12H21N3/c1-4-11-12-6-5-10(9-14(2)3)15(12)8-7-13-11/h5-6,11,13H,4,7-9H2,1-3H3. The second-order valence-electron chi connectivity index (χ2n) is 4.55. The van der Waals surface area contributed by atoms with Gasteiger partial charge in [-0.25, -0.2) is 0 Å². The van der Waals surface area contributed by atoms with Gasteiger partial charge in [-0.15, -0.1) is 0 Å². The molecule has 0 radical (unpaired) electrons. The minimum Gasteiger partial charge on any atom is -0.345 e. The molecule has 0 bridgehead atoms. The first kappa shape index (κ1) is 10.7. The van der Waals surface area contributed by atoms with E-state index in [1.54, 1.807) is 0 Å². The van der Waals surface area contributed by atoms with E-state index < -0.39 is 0 Å². The predicted octanol–water partition coefficient (Wildman–Crippen LogP) is 1.60. The normalized spacial score (nSPS) is 20.7. The highest BCUT2D eigenvalue weighted by atomic mass is 15.1. The van der Waals surface area contributed by atoms with Crippen molar-refractivity contribution >= 4 is 0 Å². The molecule has 0 aliphatic carbocycles. The number of hydrogen-bond acceptors (Lipinski definition) is 2. The van der Waals surface area contributed by atoms with Crippen molar-refractivity contribution in [2.45, 2.75) is 32.5 Å². The summed E-state index contributed by atoms with van der Waals surface area (Å²) in [6, 6.07) is 5.10. The fourth-order valence-electron chi connectivity index (χ4n) is 2.37. The second-order valence-corrected chi connectivity index (χ2v) is 4.55. The molecule has 1 aromatic heterocycles. The van der Waals surface area contributed by atoms with E-state index in [1.807, 2.05) is 0 Å². The third-order valence-corrected chi connectivity index (χ3v) is 3.07. The molecule has 3 heteroatoms. The molecule has 0 amide bonds. The molecule has 1 unspecified atom stereocenters. The van der Waals surface area contributed by atoms with Crippen LogP contribution in [0.4, 0.5) is 0 Å². The van der Waals surface area contributed by atoms with Crippen LogP contribution in [0.25, 0.3) is 0 Å². The van der Waals surface area contributed by atoms with E-state index in [4.69, 9.17) is 0 Å². The summed E-state index contributed by atoms with van der Waals surface area (Å²) < 4.78 is 2.48. The Bertz CT molecular complexity index is 328. The lowest BCUT2D eigenvalue weighted by Gasteiger charge is -2.27. The second kappa shape index (κ2) is 4.37. The van der Waals surface area contributed by atoms with Gasteiger partial charge in [-0.1, -0.05) is 6.92 Å². The van der Waals surface area contributed by atoms with E-state index in [2.05, 4.69) is 47.9 Å². The topological polar surface area (TPSA) is 20.2 Å². The zero-order chi connectivity index (χ0) is 10.8. The van der Waals surface area contributed by atoms with Crippen molar-refractivity contribution in [2.75, 3.05) is 20.6 Å². The Balaban J connectivity index is 2.25. The van der Waals surface area contributed by atoms with Crippen LogP contribution in [-0.2, 0) is 13.1 Å². The Labute approximate surface area is 92.1 Å². The van der Waals surface area contributed by atoms with Crippen LogP contribution < -0.4 is 5.32 Å². The van der Waals surface area contributed by atoms with Crippen molar-refractivity contribution < 1.29 is 0 Å². The maximum atomic E-state index is 3.56. The first-order valence-corrected chi connectivity index (χ1v) is 5.78. The van der Waals surface area contributed by atoms with Crippen molar-refractivity contribution in [2.24, 2.45) is 0 Å². The smallest absolute Gasteiger partial charge is 0.0472 e. The molecule has 1 aliphatic heterocycles. The number of nitrogens with one attached hydrogen (secondary N) is 1. The van der Waals surface area contributed by atoms with Crippen LogP contribution in [0.3, 0.4) is 0 Å². The number of aromatic nitrogens is 1. The average Bonchev–Trinajstić information content (AvgIpc) is 2.61. The van der Waals surface area contributed by atoms with Gasteiger partial charge in [-0.3, -0.25) is 0 Å². The summed E-state index contributed by atoms with van der Waals surface area (Å²) in [5.74, 6) is 0. The molecule has 0 fully saturated rings. The molecule has 2 heterocycles. The first-order valence-electron chi connectivity index (χ1n) is 5.78. The van der Waals surface area contributed by atoms with Gasteiger partial charge in [0.2, 0.25) is 0 Å². The fourth-order valence-corrected chi connectivity index (χ4v) is 2.37. The molecule has 0 saturated carbocycles. The molecule has 2 rings (SSSR count). The molecule has 1 aliphatic rings. The van der Waals surface area contributed by atoms with Crippen LogP contribution in [-0.4, -0.2) is 30.1 Å². The van der Waals surface area contributed by atoms with Crippen molar-refractivity contribution in [3.8, 4) is 0 Å². The van der Waals surface area contributed by atoms with E-state index in [1.165, 1.54) is 17.8 Å². The van der Waals surface area contributed by atoms with Gasteiger partial charge in [-0.05, 0) is 32.6 Å². The van der Waals surface area contributed by atoms with Crippen LogP contribution in [0.5, 0.6) is 0 Å². The highest BCUT2D eigenvalue weighted by Crippen LogP contribution is 2.23. The third-order valence-electron chi connectivity index (χ3n) is 3.07. The highest BCUT2D eigenvalue weighted by molar-refractivity contribution is 5.21. The summed E-state index contributed by atoms with van der Waals surface area (Å²) in [7, 11) is 4.25. The molecular formula is C12H21N3. The van der Waals surface area contributed by atoms with E-state index in [9.17, 15) is 0 Å². The Morgan fingerprint density at radius 3 is 2.93 bits per heavy atom. The largest absolute Gasteiger partial charge is 0.345 e. The van der Waals surface area contributed by atoms with Gasteiger partial charge in [0.15, 0.2) is 0 Å². The van der Waals surface area contributed by atoms with Gasteiger partial charge in [-0.2, -0.15) is 0 Å². The number of rotatable bonds is 3. The summed E-state index contributed by atoms with van der Waals surface area (Å²) in [4.78, 5) is 2.23. The van der Waals surface area contributed by atoms with Crippen molar-refractivity contribution in [1.29, 1.82) is 0 Å². The Morgan fingerprint density at radius 2 is 2.27 bits per heavy atom. The summed E-state index contributed by atoms with van der Waals surface area (Å²) in [5.41, 5.74) is 2.90. The van der Waals surface area contributed by atoms with Gasteiger partial charge in [0.05, 0.1) is 0 Å². The minimum absolute atomic E-state index is 0.551. The zero-order valence-corrected chi connectivity index (χ0v) is 9.95. The van der Waals surface area contributed by atoms with Crippen molar-refractivity contribution in [3.05, 3.63) is 23.5 Å². The van der Waals surface area contributed by atoms with Crippen LogP contribution in [0.15, 0.2) is 12.1 Å². The summed E-state index contributed by atoms with van der Waals surface area (Å²) >= 11 is 0. The number of hydrogen-bond donors (Lipinski definition) is 1. The van der Waals surface area contributed by atoms with Gasteiger partial charge >= 0.3 is 0 Å². The van der Waals surface area contributed by atoms with Crippen LogP contribution >= 0.6 is 0 Å². The molecule has 15 heavy (non-hydrogen) atoms. The van der Waals surface area contributed by atoms with Crippen LogP contribution in [0.2, 0.25) is 0 Å². The van der Waals surface area contributed by atoms with Crippen LogP contribution in [0, 0.1) is 0 Å². The van der Waals surface area contributed by atoms with E-state index >= 15 is 0 Å². The van der Waals surface area contributed by atoms with E-state index in [0.717, 1.165) is 19.6 Å². The van der Waals surface area contributed by atoms with Gasteiger partial charge in [0.1, 0.15) is 0 Å². The fraction of sp³-hybridized carbons (Fsp3) is 0.667. The minimum atomic E-state index is 0.551. The SMILES string of the molecule is CCC1NCCn2c(CN(C)C)ccc21. The molecule has 3 nitrogen and oxygen atoms in total.